The van der Waals surface area contributed by atoms with Crippen LogP contribution >= 0.6 is 23.2 Å². The van der Waals surface area contributed by atoms with E-state index < -0.39 is 5.76 Å². The molecular weight excluding hydrogens is 291 g/mol. The summed E-state index contributed by atoms with van der Waals surface area (Å²) in [6, 6.07) is 4.77. The number of carbonyl (C=O) groups excluding carboxylic acids is 1. The number of nitrogens with zero attached hydrogens (tertiary/aromatic N) is 1. The number of halogens is 2. The number of hydrogen-bond acceptors (Lipinski definition) is 4. The first-order valence-electron chi connectivity index (χ1n) is 5.61. The first-order chi connectivity index (χ1) is 9.06. The van der Waals surface area contributed by atoms with E-state index >= 15 is 0 Å². The van der Waals surface area contributed by atoms with Gasteiger partial charge in [-0.3, -0.25) is 4.79 Å². The van der Waals surface area contributed by atoms with Crippen molar-refractivity contribution >= 4 is 29.0 Å². The Labute approximate surface area is 117 Å². The number of nitrogens with one attached hydrogen (secondary N) is 1. The van der Waals surface area contributed by atoms with Crippen molar-refractivity contribution in [2.45, 2.75) is 12.3 Å². The number of benzene rings is 1. The average molecular weight is 299 g/mol. The number of aromatic nitrogens is 2. The third-order valence-electron chi connectivity index (χ3n) is 3.14. The summed E-state index contributed by atoms with van der Waals surface area (Å²) < 4.78 is 4.49. The summed E-state index contributed by atoms with van der Waals surface area (Å²) in [6.45, 7) is 0. The molecule has 0 radical (unpaired) electrons. The van der Waals surface area contributed by atoms with Crippen molar-refractivity contribution in [1.29, 1.82) is 0 Å². The molecule has 1 aliphatic carbocycles. The van der Waals surface area contributed by atoms with E-state index in [1.807, 2.05) is 0 Å². The SMILES string of the molecule is O=C(c1ccc(Cl)c(Cl)c1)[C@H]1C[C@@H]1c1nc(=O)o[nH]1. The molecule has 1 aromatic carbocycles. The molecule has 0 amide bonds. The van der Waals surface area contributed by atoms with Gasteiger partial charge in [-0.15, -0.1) is 0 Å². The Morgan fingerprint density at radius 3 is 2.79 bits per heavy atom. The number of rotatable bonds is 3. The summed E-state index contributed by atoms with van der Waals surface area (Å²) in [7, 11) is 0. The molecule has 1 fully saturated rings. The van der Waals surface area contributed by atoms with Gasteiger partial charge in [-0.1, -0.05) is 23.2 Å². The Kier molecular flexibility index (Phi) is 2.95. The van der Waals surface area contributed by atoms with E-state index in [-0.39, 0.29) is 17.6 Å². The van der Waals surface area contributed by atoms with Crippen LogP contribution in [0.15, 0.2) is 27.5 Å². The molecular formula is C12H8Cl2N2O3. The van der Waals surface area contributed by atoms with Gasteiger partial charge in [0.25, 0.3) is 0 Å². The fourth-order valence-corrected chi connectivity index (χ4v) is 2.35. The second-order valence-corrected chi connectivity index (χ2v) is 5.22. The van der Waals surface area contributed by atoms with Gasteiger partial charge in [-0.05, 0) is 24.6 Å². The lowest BCUT2D eigenvalue weighted by molar-refractivity contribution is 0.0964. The Morgan fingerprint density at radius 2 is 2.16 bits per heavy atom. The molecule has 0 bridgehead atoms. The largest absolute Gasteiger partial charge is 0.459 e. The normalized spacial score (nSPS) is 21.4. The molecule has 1 saturated carbocycles. The predicted molar refractivity (Wildman–Crippen MR) is 68.8 cm³/mol. The van der Waals surface area contributed by atoms with Crippen LogP contribution in [0.5, 0.6) is 0 Å². The molecule has 1 heterocycles. The van der Waals surface area contributed by atoms with Crippen LogP contribution in [0.1, 0.15) is 28.5 Å². The van der Waals surface area contributed by atoms with Gasteiger partial charge in [0.15, 0.2) is 5.78 Å². The lowest BCUT2D eigenvalue weighted by Gasteiger charge is -2.01. The van der Waals surface area contributed by atoms with Crippen LogP contribution in [0.4, 0.5) is 0 Å². The third-order valence-corrected chi connectivity index (χ3v) is 3.88. The van der Waals surface area contributed by atoms with Gasteiger partial charge in [0.1, 0.15) is 5.82 Å². The van der Waals surface area contributed by atoms with E-state index in [9.17, 15) is 9.59 Å². The molecule has 2 aromatic rings. The predicted octanol–water partition coefficient (Wildman–Crippen LogP) is 2.66. The minimum Gasteiger partial charge on any atom is -0.321 e. The zero-order valence-corrected chi connectivity index (χ0v) is 11.0. The number of H-pyrrole nitrogens is 1. The average Bonchev–Trinajstić information content (AvgIpc) is 3.07. The highest BCUT2D eigenvalue weighted by Crippen LogP contribution is 2.47. The zero-order chi connectivity index (χ0) is 13.6. The highest BCUT2D eigenvalue weighted by Gasteiger charge is 2.46. The fraction of sp³-hybridized carbons (Fsp3) is 0.250. The second kappa shape index (κ2) is 4.51. The first-order valence-corrected chi connectivity index (χ1v) is 6.36. The molecule has 0 saturated heterocycles. The molecule has 1 aliphatic rings. The highest BCUT2D eigenvalue weighted by molar-refractivity contribution is 6.42. The summed E-state index contributed by atoms with van der Waals surface area (Å²) in [4.78, 5) is 26.7. The fourth-order valence-electron chi connectivity index (χ4n) is 2.05. The number of aromatic amines is 1. The lowest BCUT2D eigenvalue weighted by Crippen LogP contribution is -2.04. The van der Waals surface area contributed by atoms with Crippen LogP contribution in [0.25, 0.3) is 0 Å². The van der Waals surface area contributed by atoms with E-state index in [2.05, 4.69) is 14.7 Å². The van der Waals surface area contributed by atoms with Gasteiger partial charge in [-0.25, -0.2) is 9.95 Å². The molecule has 0 aliphatic heterocycles. The molecule has 5 nitrogen and oxygen atoms in total. The molecule has 1 aromatic heterocycles. The van der Waals surface area contributed by atoms with Crippen LogP contribution < -0.4 is 5.76 Å². The summed E-state index contributed by atoms with van der Waals surface area (Å²) in [5.41, 5.74) is 0.507. The molecule has 98 valence electrons. The lowest BCUT2D eigenvalue weighted by atomic mass is 10.1. The van der Waals surface area contributed by atoms with Gasteiger partial charge in [0, 0.05) is 17.4 Å². The van der Waals surface area contributed by atoms with Gasteiger partial charge < -0.3 is 4.52 Å². The maximum Gasteiger partial charge on any atom is 0.459 e. The maximum atomic E-state index is 12.2. The van der Waals surface area contributed by atoms with Crippen LogP contribution in [0.3, 0.4) is 0 Å². The van der Waals surface area contributed by atoms with Crippen LogP contribution in [0, 0.1) is 5.92 Å². The highest BCUT2D eigenvalue weighted by atomic mass is 35.5. The molecule has 0 spiro atoms. The zero-order valence-electron chi connectivity index (χ0n) is 9.52. The number of carbonyl (C=O) groups is 1. The van der Waals surface area contributed by atoms with E-state index in [0.717, 1.165) is 0 Å². The Hall–Kier alpha value is -1.59. The van der Waals surface area contributed by atoms with Crippen LogP contribution in [-0.2, 0) is 0 Å². The minimum atomic E-state index is -0.678. The van der Waals surface area contributed by atoms with Crippen molar-refractivity contribution in [3.8, 4) is 0 Å². The van der Waals surface area contributed by atoms with Crippen molar-refractivity contribution in [2.75, 3.05) is 0 Å². The molecule has 0 unspecified atom stereocenters. The van der Waals surface area contributed by atoms with Crippen molar-refractivity contribution in [3.05, 3.63) is 50.2 Å². The Bertz CT molecular complexity index is 707. The van der Waals surface area contributed by atoms with Crippen LogP contribution in [0.2, 0.25) is 10.0 Å². The first kappa shape index (κ1) is 12.4. The van der Waals surface area contributed by atoms with Gasteiger partial charge >= 0.3 is 5.76 Å². The smallest absolute Gasteiger partial charge is 0.321 e. The monoisotopic (exact) mass is 298 g/mol. The van der Waals surface area contributed by atoms with Crippen LogP contribution in [-0.4, -0.2) is 15.9 Å². The molecule has 7 heteroatoms. The third kappa shape index (κ3) is 2.31. The van der Waals surface area contributed by atoms with Crippen molar-refractivity contribution in [1.82, 2.24) is 10.1 Å². The van der Waals surface area contributed by atoms with Crippen molar-refractivity contribution in [3.63, 3.8) is 0 Å². The summed E-state index contributed by atoms with van der Waals surface area (Å²) in [5.74, 6) is -0.579. The van der Waals surface area contributed by atoms with Gasteiger partial charge in [0.2, 0.25) is 0 Å². The number of hydrogen-bond donors (Lipinski definition) is 1. The van der Waals surface area contributed by atoms with Crippen molar-refractivity contribution < 1.29 is 9.32 Å². The number of ketones is 1. The molecule has 3 rings (SSSR count). The maximum absolute atomic E-state index is 12.2. The Balaban J connectivity index is 1.79. The molecule has 1 N–H and O–H groups in total. The standard InChI is InChI=1S/C12H8Cl2N2O3/c13-8-2-1-5(3-9(8)14)10(17)6-4-7(6)11-15-12(18)19-16-11/h1-3,6-7H,4H2,(H,15,16,18)/t6-,7-/m0/s1. The van der Waals surface area contributed by atoms with E-state index in [1.165, 1.54) is 0 Å². The molecule has 19 heavy (non-hydrogen) atoms. The van der Waals surface area contributed by atoms with E-state index in [1.54, 1.807) is 18.2 Å². The van der Waals surface area contributed by atoms with Gasteiger partial charge in [-0.2, -0.15) is 4.98 Å². The molecule has 2 atom stereocenters. The van der Waals surface area contributed by atoms with Crippen molar-refractivity contribution in [2.24, 2.45) is 5.92 Å². The summed E-state index contributed by atoms with van der Waals surface area (Å²) in [6.07, 6.45) is 0.640. The number of Topliss-reactive ketones (excluding diaryl/α,β-unsaturated/α-hetero) is 1. The second-order valence-electron chi connectivity index (χ2n) is 4.41. The Morgan fingerprint density at radius 1 is 1.37 bits per heavy atom. The quantitative estimate of drug-likeness (QED) is 0.884. The summed E-state index contributed by atoms with van der Waals surface area (Å²) >= 11 is 11.7. The topological polar surface area (TPSA) is 76.0 Å². The van der Waals surface area contributed by atoms with E-state index in [4.69, 9.17) is 23.2 Å². The van der Waals surface area contributed by atoms with E-state index in [0.29, 0.717) is 27.9 Å². The van der Waals surface area contributed by atoms with Gasteiger partial charge in [0.05, 0.1) is 10.0 Å². The summed E-state index contributed by atoms with van der Waals surface area (Å²) in [5, 5.41) is 3.18. The minimum absolute atomic E-state index is 0.0348.